The molecule has 1 aliphatic rings. The van der Waals surface area contributed by atoms with E-state index >= 15 is 0 Å². The molecule has 1 aliphatic heterocycles. The Balaban J connectivity index is 1.40. The molecule has 130 valence electrons. The fraction of sp³-hybridized carbons (Fsp3) is 0.389. The Labute approximate surface area is 150 Å². The number of carbonyl (C=O) groups is 1. The van der Waals surface area contributed by atoms with Gasteiger partial charge >= 0.3 is 0 Å². The molecule has 25 heavy (non-hydrogen) atoms. The lowest BCUT2D eigenvalue weighted by atomic mass is 9.97. The minimum atomic E-state index is 0.160. The summed E-state index contributed by atoms with van der Waals surface area (Å²) >= 11 is 5.86. The summed E-state index contributed by atoms with van der Waals surface area (Å²) in [5.74, 6) is 1.41. The van der Waals surface area contributed by atoms with E-state index in [1.54, 1.807) is 17.1 Å². The summed E-state index contributed by atoms with van der Waals surface area (Å²) in [6.07, 6.45) is 5.82. The number of aromatic nitrogens is 4. The van der Waals surface area contributed by atoms with Gasteiger partial charge in [0, 0.05) is 38.2 Å². The van der Waals surface area contributed by atoms with E-state index < -0.39 is 0 Å². The smallest absolute Gasteiger partial charge is 0.224 e. The molecule has 7 heteroatoms. The SMILES string of the molecule is O=C(CCn1cc(Cl)cn1)N1CCCC(c2nc3ccccc3[nH]2)C1. The average molecular weight is 358 g/mol. The molecule has 4 rings (SSSR count). The van der Waals surface area contributed by atoms with Gasteiger partial charge in [0.25, 0.3) is 0 Å². The van der Waals surface area contributed by atoms with Gasteiger partial charge in [-0.2, -0.15) is 5.10 Å². The van der Waals surface area contributed by atoms with Crippen molar-refractivity contribution < 1.29 is 4.79 Å². The summed E-state index contributed by atoms with van der Waals surface area (Å²) in [7, 11) is 0. The van der Waals surface area contributed by atoms with Crippen LogP contribution in [-0.4, -0.2) is 43.6 Å². The number of benzene rings is 1. The Hall–Kier alpha value is -2.34. The first-order valence-corrected chi connectivity index (χ1v) is 8.97. The summed E-state index contributed by atoms with van der Waals surface area (Å²) in [4.78, 5) is 22.6. The van der Waals surface area contributed by atoms with Crippen molar-refractivity contribution >= 4 is 28.5 Å². The molecule has 2 aromatic heterocycles. The molecular formula is C18H20ClN5O. The second-order valence-corrected chi connectivity index (χ2v) is 6.93. The molecule has 0 saturated carbocycles. The number of carbonyl (C=O) groups excluding carboxylic acids is 1. The Morgan fingerprint density at radius 2 is 2.24 bits per heavy atom. The zero-order valence-corrected chi connectivity index (χ0v) is 14.6. The molecule has 1 aromatic carbocycles. The quantitative estimate of drug-likeness (QED) is 0.779. The van der Waals surface area contributed by atoms with Gasteiger partial charge < -0.3 is 9.88 Å². The number of rotatable bonds is 4. The average Bonchev–Trinajstić information content (AvgIpc) is 3.25. The fourth-order valence-electron chi connectivity index (χ4n) is 3.42. The highest BCUT2D eigenvalue weighted by Crippen LogP contribution is 2.27. The lowest BCUT2D eigenvalue weighted by molar-refractivity contribution is -0.132. The molecule has 1 amide bonds. The van der Waals surface area contributed by atoms with Gasteiger partial charge in [0.05, 0.1) is 22.3 Å². The van der Waals surface area contributed by atoms with Crippen LogP contribution in [0.2, 0.25) is 5.02 Å². The van der Waals surface area contributed by atoms with E-state index in [0.29, 0.717) is 18.0 Å². The Morgan fingerprint density at radius 1 is 1.36 bits per heavy atom. The molecule has 0 spiro atoms. The zero-order valence-electron chi connectivity index (χ0n) is 13.9. The molecule has 1 atom stereocenters. The predicted octanol–water partition coefficient (Wildman–Crippen LogP) is 3.21. The molecule has 1 fully saturated rings. The van der Waals surface area contributed by atoms with E-state index in [4.69, 9.17) is 16.6 Å². The predicted molar refractivity (Wildman–Crippen MR) is 96.5 cm³/mol. The van der Waals surface area contributed by atoms with Gasteiger partial charge in [-0.1, -0.05) is 23.7 Å². The molecule has 1 saturated heterocycles. The number of fused-ring (bicyclic) bond motifs is 1. The summed E-state index contributed by atoms with van der Waals surface area (Å²) < 4.78 is 1.71. The zero-order chi connectivity index (χ0) is 17.2. The number of aryl methyl sites for hydroxylation is 1. The fourth-order valence-corrected chi connectivity index (χ4v) is 3.58. The number of imidazole rings is 1. The third-order valence-electron chi connectivity index (χ3n) is 4.72. The number of nitrogens with one attached hydrogen (secondary N) is 1. The summed E-state index contributed by atoms with van der Waals surface area (Å²) in [5, 5.41) is 4.71. The molecule has 6 nitrogen and oxygen atoms in total. The lowest BCUT2D eigenvalue weighted by Gasteiger charge is -2.32. The van der Waals surface area contributed by atoms with Crippen LogP contribution in [0, 0.1) is 0 Å². The van der Waals surface area contributed by atoms with Crippen LogP contribution in [0.25, 0.3) is 11.0 Å². The first-order chi connectivity index (χ1) is 12.2. The second kappa shape index (κ2) is 6.88. The largest absolute Gasteiger partial charge is 0.342 e. The van der Waals surface area contributed by atoms with E-state index in [1.807, 2.05) is 29.2 Å². The van der Waals surface area contributed by atoms with Crippen molar-refractivity contribution in [1.82, 2.24) is 24.6 Å². The lowest BCUT2D eigenvalue weighted by Crippen LogP contribution is -2.39. The van der Waals surface area contributed by atoms with Crippen LogP contribution in [0.1, 0.15) is 31.0 Å². The Kier molecular flexibility index (Phi) is 4.44. The van der Waals surface area contributed by atoms with Crippen molar-refractivity contribution in [3.8, 4) is 0 Å². The molecule has 1 N–H and O–H groups in total. The highest BCUT2D eigenvalue weighted by molar-refractivity contribution is 6.30. The van der Waals surface area contributed by atoms with Crippen LogP contribution in [0.5, 0.6) is 0 Å². The highest BCUT2D eigenvalue weighted by atomic mass is 35.5. The number of H-pyrrole nitrogens is 1. The van der Waals surface area contributed by atoms with E-state index in [1.165, 1.54) is 0 Å². The van der Waals surface area contributed by atoms with E-state index in [-0.39, 0.29) is 11.8 Å². The van der Waals surface area contributed by atoms with Gasteiger partial charge in [0.1, 0.15) is 5.82 Å². The van der Waals surface area contributed by atoms with E-state index in [9.17, 15) is 4.79 Å². The second-order valence-electron chi connectivity index (χ2n) is 6.49. The van der Waals surface area contributed by atoms with Gasteiger partial charge in [-0.25, -0.2) is 4.98 Å². The first kappa shape index (κ1) is 16.1. The normalized spacial score (nSPS) is 18.0. The number of hydrogen-bond acceptors (Lipinski definition) is 3. The number of amides is 1. The minimum Gasteiger partial charge on any atom is -0.342 e. The molecular weight excluding hydrogens is 338 g/mol. The van der Waals surface area contributed by atoms with Crippen molar-refractivity contribution in [2.45, 2.75) is 31.7 Å². The van der Waals surface area contributed by atoms with Crippen molar-refractivity contribution in [3.05, 3.63) is 47.5 Å². The van der Waals surface area contributed by atoms with Gasteiger partial charge in [0.15, 0.2) is 0 Å². The molecule has 1 unspecified atom stereocenters. The number of halogens is 1. The van der Waals surface area contributed by atoms with Gasteiger partial charge in [0.2, 0.25) is 5.91 Å². The van der Waals surface area contributed by atoms with Crippen molar-refractivity contribution in [3.63, 3.8) is 0 Å². The number of likely N-dealkylation sites (tertiary alicyclic amines) is 1. The Morgan fingerprint density at radius 3 is 3.04 bits per heavy atom. The van der Waals surface area contributed by atoms with Crippen molar-refractivity contribution in [2.24, 2.45) is 0 Å². The molecule has 3 aromatic rings. The summed E-state index contributed by atoms with van der Waals surface area (Å²) in [5.41, 5.74) is 2.04. The number of nitrogens with zero attached hydrogens (tertiary/aromatic N) is 4. The van der Waals surface area contributed by atoms with E-state index in [2.05, 4.69) is 10.1 Å². The highest BCUT2D eigenvalue weighted by Gasteiger charge is 2.26. The van der Waals surface area contributed by atoms with Crippen LogP contribution in [0.4, 0.5) is 0 Å². The number of para-hydroxylation sites is 2. The van der Waals surface area contributed by atoms with Crippen LogP contribution < -0.4 is 0 Å². The summed E-state index contributed by atoms with van der Waals surface area (Å²) in [6, 6.07) is 8.04. The third-order valence-corrected chi connectivity index (χ3v) is 4.92. The van der Waals surface area contributed by atoms with Gasteiger partial charge in [-0.05, 0) is 25.0 Å². The standard InChI is InChI=1S/C18H20ClN5O/c19-14-10-20-24(12-14)9-7-17(25)23-8-3-4-13(11-23)18-21-15-5-1-2-6-16(15)22-18/h1-2,5-6,10,12-13H,3-4,7-9,11H2,(H,21,22). The summed E-state index contributed by atoms with van der Waals surface area (Å²) in [6.45, 7) is 2.09. The molecule has 0 aliphatic carbocycles. The van der Waals surface area contributed by atoms with Crippen LogP contribution >= 0.6 is 11.6 Å². The van der Waals surface area contributed by atoms with Crippen LogP contribution in [-0.2, 0) is 11.3 Å². The van der Waals surface area contributed by atoms with E-state index in [0.717, 1.165) is 42.8 Å². The molecule has 0 radical (unpaired) electrons. The van der Waals surface area contributed by atoms with Gasteiger partial charge in [-0.3, -0.25) is 9.48 Å². The van der Waals surface area contributed by atoms with Gasteiger partial charge in [-0.15, -0.1) is 0 Å². The maximum Gasteiger partial charge on any atom is 0.224 e. The molecule has 0 bridgehead atoms. The molecule has 3 heterocycles. The van der Waals surface area contributed by atoms with Crippen molar-refractivity contribution in [2.75, 3.05) is 13.1 Å². The third kappa shape index (κ3) is 3.54. The monoisotopic (exact) mass is 357 g/mol. The van der Waals surface area contributed by atoms with Crippen molar-refractivity contribution in [1.29, 1.82) is 0 Å². The number of piperidine rings is 1. The number of hydrogen-bond donors (Lipinski definition) is 1. The maximum absolute atomic E-state index is 12.5. The van der Waals surface area contributed by atoms with Crippen LogP contribution in [0.3, 0.4) is 0 Å². The first-order valence-electron chi connectivity index (χ1n) is 8.59. The Bertz CT molecular complexity index is 853. The topological polar surface area (TPSA) is 66.8 Å². The minimum absolute atomic E-state index is 0.160. The number of aromatic amines is 1. The maximum atomic E-state index is 12.5. The van der Waals surface area contributed by atoms with Crippen LogP contribution in [0.15, 0.2) is 36.7 Å².